The molecule has 1 heterocycles. The summed E-state index contributed by atoms with van der Waals surface area (Å²) in [6.45, 7) is -0.227. The first-order chi connectivity index (χ1) is 9.36. The largest absolute Gasteiger partial charge is 0.468 e. The number of hydrogen-bond acceptors (Lipinski definition) is 4. The molecule has 1 aromatic rings. The van der Waals surface area contributed by atoms with Gasteiger partial charge in [0.25, 0.3) is 11.7 Å². The van der Waals surface area contributed by atoms with Crippen molar-refractivity contribution in [2.24, 2.45) is 0 Å². The summed E-state index contributed by atoms with van der Waals surface area (Å²) in [5.74, 6) is -4.93. The van der Waals surface area contributed by atoms with Crippen molar-refractivity contribution in [2.75, 3.05) is 18.6 Å². The van der Waals surface area contributed by atoms with Gasteiger partial charge < -0.3 is 9.64 Å². The average molecular weight is 348 g/mol. The number of carbonyl (C=O) groups excluding carboxylic acids is 3. The number of ketones is 1. The first kappa shape index (κ1) is 14.6. The lowest BCUT2D eigenvalue weighted by Gasteiger charge is -2.18. The number of methoxy groups -OCH3 is 1. The summed E-state index contributed by atoms with van der Waals surface area (Å²) in [7, 11) is 1.16. The van der Waals surface area contributed by atoms with Gasteiger partial charge in [0.05, 0.1) is 18.4 Å². The van der Waals surface area contributed by atoms with Gasteiger partial charge in [-0.3, -0.25) is 14.4 Å². The molecular formula is C12H8BrF2NO4. The zero-order chi connectivity index (χ0) is 15.0. The number of esters is 1. The molecule has 0 fully saturated rings. The molecule has 5 nitrogen and oxygen atoms in total. The molecule has 0 saturated carbocycles. The molecule has 1 amide bonds. The Morgan fingerprint density at radius 3 is 2.55 bits per heavy atom. The van der Waals surface area contributed by atoms with Crippen molar-refractivity contribution in [1.29, 1.82) is 0 Å². The van der Waals surface area contributed by atoms with Crippen LogP contribution in [0.2, 0.25) is 0 Å². The van der Waals surface area contributed by atoms with Crippen molar-refractivity contribution in [2.45, 2.75) is 4.83 Å². The van der Waals surface area contributed by atoms with Crippen LogP contribution in [0.3, 0.4) is 0 Å². The van der Waals surface area contributed by atoms with Gasteiger partial charge in [-0.1, -0.05) is 15.9 Å². The first-order valence-electron chi connectivity index (χ1n) is 5.44. The highest BCUT2D eigenvalue weighted by molar-refractivity contribution is 9.10. The van der Waals surface area contributed by atoms with Crippen molar-refractivity contribution < 1.29 is 27.9 Å². The predicted octanol–water partition coefficient (Wildman–Crippen LogP) is 1.43. The third-order valence-corrected chi connectivity index (χ3v) is 3.48. The van der Waals surface area contributed by atoms with Crippen LogP contribution >= 0.6 is 15.9 Å². The van der Waals surface area contributed by atoms with Crippen LogP contribution < -0.4 is 4.90 Å². The normalized spacial score (nSPS) is 15.3. The number of alkyl halides is 1. The molecule has 0 saturated heterocycles. The Hall–Kier alpha value is -1.83. The molecule has 1 aliphatic heterocycles. The second-order valence-electron chi connectivity index (χ2n) is 4.02. The van der Waals surface area contributed by atoms with Crippen LogP contribution in [0.15, 0.2) is 12.1 Å². The standard InChI is InChI=1S/C12H8BrF2NO4/c1-20-12(19)6(13)4-16-9-3-8(15)7(14)2-5(9)10(17)11(16)18/h2-3,6H,4H2,1H3. The fourth-order valence-corrected chi connectivity index (χ4v) is 2.31. The van der Waals surface area contributed by atoms with E-state index in [9.17, 15) is 23.2 Å². The number of ether oxygens (including phenoxy) is 1. The minimum atomic E-state index is -1.21. The fourth-order valence-electron chi connectivity index (χ4n) is 1.83. The third-order valence-electron chi connectivity index (χ3n) is 2.81. The summed E-state index contributed by atoms with van der Waals surface area (Å²) in [5.41, 5.74) is -0.286. The van der Waals surface area contributed by atoms with Crippen LogP contribution in [0.25, 0.3) is 0 Å². The van der Waals surface area contributed by atoms with Gasteiger partial charge in [-0.2, -0.15) is 0 Å². The van der Waals surface area contributed by atoms with Crippen molar-refractivity contribution in [3.63, 3.8) is 0 Å². The summed E-state index contributed by atoms with van der Waals surface area (Å²) >= 11 is 3.00. The SMILES string of the molecule is COC(=O)C(Br)CN1C(=O)C(=O)c2cc(F)c(F)cc21. The Morgan fingerprint density at radius 1 is 1.35 bits per heavy atom. The van der Waals surface area contributed by atoms with E-state index in [-0.39, 0.29) is 17.8 Å². The van der Waals surface area contributed by atoms with E-state index in [0.29, 0.717) is 6.07 Å². The van der Waals surface area contributed by atoms with E-state index in [1.54, 1.807) is 0 Å². The Labute approximate surface area is 120 Å². The van der Waals surface area contributed by atoms with Gasteiger partial charge >= 0.3 is 5.97 Å². The van der Waals surface area contributed by atoms with Crippen molar-refractivity contribution in [3.8, 4) is 0 Å². The third kappa shape index (κ3) is 2.31. The molecule has 20 heavy (non-hydrogen) atoms. The van der Waals surface area contributed by atoms with Gasteiger partial charge in [0.1, 0.15) is 4.83 Å². The molecule has 1 aliphatic rings. The van der Waals surface area contributed by atoms with Gasteiger partial charge in [-0.15, -0.1) is 0 Å². The molecule has 0 bridgehead atoms. The number of hydrogen-bond donors (Lipinski definition) is 0. The van der Waals surface area contributed by atoms with Crippen LogP contribution in [0, 0.1) is 11.6 Å². The number of Topliss-reactive ketones (excluding diaryl/α,β-unsaturated/α-hetero) is 1. The van der Waals surface area contributed by atoms with Crippen LogP contribution in [0.1, 0.15) is 10.4 Å². The van der Waals surface area contributed by atoms with Gasteiger partial charge in [0.15, 0.2) is 11.6 Å². The zero-order valence-corrected chi connectivity index (χ0v) is 11.7. The molecule has 0 N–H and O–H groups in total. The molecule has 1 unspecified atom stereocenters. The number of halogens is 3. The first-order valence-corrected chi connectivity index (χ1v) is 6.35. The summed E-state index contributed by atoms with van der Waals surface area (Å²) in [4.78, 5) is 34.8. The van der Waals surface area contributed by atoms with Crippen LogP contribution in [0.4, 0.5) is 14.5 Å². The number of amides is 1. The van der Waals surface area contributed by atoms with Gasteiger partial charge in [-0.05, 0) is 6.07 Å². The molecule has 106 valence electrons. The smallest absolute Gasteiger partial charge is 0.321 e. The maximum Gasteiger partial charge on any atom is 0.321 e. The number of fused-ring (bicyclic) bond motifs is 1. The summed E-state index contributed by atoms with van der Waals surface area (Å²) < 4.78 is 30.8. The molecule has 0 aliphatic carbocycles. The Kier molecular flexibility index (Phi) is 3.85. The van der Waals surface area contributed by atoms with E-state index in [1.165, 1.54) is 0 Å². The zero-order valence-electron chi connectivity index (χ0n) is 10.2. The van der Waals surface area contributed by atoms with Crippen LogP contribution in [-0.4, -0.2) is 36.1 Å². The summed E-state index contributed by atoms with van der Waals surface area (Å²) in [6, 6.07) is 1.43. The second kappa shape index (κ2) is 5.28. The van der Waals surface area contributed by atoms with Crippen molar-refractivity contribution in [1.82, 2.24) is 0 Å². The van der Waals surface area contributed by atoms with Gasteiger partial charge in [0.2, 0.25) is 0 Å². The highest BCUT2D eigenvalue weighted by Gasteiger charge is 2.38. The topological polar surface area (TPSA) is 63.7 Å². The molecule has 0 spiro atoms. The number of benzene rings is 1. The van der Waals surface area contributed by atoms with E-state index in [1.807, 2.05) is 0 Å². The highest BCUT2D eigenvalue weighted by Crippen LogP contribution is 2.31. The van der Waals surface area contributed by atoms with E-state index in [0.717, 1.165) is 18.1 Å². The van der Waals surface area contributed by atoms with Gasteiger partial charge in [0, 0.05) is 12.6 Å². The second-order valence-corrected chi connectivity index (χ2v) is 5.12. The van der Waals surface area contributed by atoms with Crippen LogP contribution in [0.5, 0.6) is 0 Å². The van der Waals surface area contributed by atoms with E-state index >= 15 is 0 Å². The molecular weight excluding hydrogens is 340 g/mol. The molecule has 2 rings (SSSR count). The minimum absolute atomic E-state index is 0.0627. The van der Waals surface area contributed by atoms with E-state index in [4.69, 9.17) is 0 Å². The summed E-state index contributed by atoms with van der Waals surface area (Å²) in [5, 5.41) is 0. The predicted molar refractivity (Wildman–Crippen MR) is 67.8 cm³/mol. The van der Waals surface area contributed by atoms with Gasteiger partial charge in [-0.25, -0.2) is 8.78 Å². The average Bonchev–Trinajstić information content (AvgIpc) is 2.64. The fraction of sp³-hybridized carbons (Fsp3) is 0.250. The maximum absolute atomic E-state index is 13.2. The van der Waals surface area contributed by atoms with Crippen molar-refractivity contribution >= 4 is 39.3 Å². The molecule has 0 aromatic heterocycles. The lowest BCUT2D eigenvalue weighted by Crippen LogP contribution is -2.37. The Balaban J connectivity index is 2.38. The summed E-state index contributed by atoms with van der Waals surface area (Å²) in [6.07, 6.45) is 0. The Morgan fingerprint density at radius 2 is 1.95 bits per heavy atom. The molecule has 1 atom stereocenters. The maximum atomic E-state index is 13.2. The number of rotatable bonds is 3. The van der Waals surface area contributed by atoms with E-state index < -0.39 is 34.1 Å². The molecule has 0 radical (unpaired) electrons. The van der Waals surface area contributed by atoms with Crippen LogP contribution in [-0.2, 0) is 14.3 Å². The molecule has 1 aromatic carbocycles. The number of anilines is 1. The Bertz CT molecular complexity index is 620. The monoisotopic (exact) mass is 347 g/mol. The number of carbonyl (C=O) groups is 3. The van der Waals surface area contributed by atoms with Crippen molar-refractivity contribution in [3.05, 3.63) is 29.3 Å². The quantitative estimate of drug-likeness (QED) is 0.471. The highest BCUT2D eigenvalue weighted by atomic mass is 79.9. The van der Waals surface area contributed by atoms with E-state index in [2.05, 4.69) is 20.7 Å². The minimum Gasteiger partial charge on any atom is -0.468 e. The number of nitrogens with zero attached hydrogens (tertiary/aromatic N) is 1. The molecule has 8 heteroatoms. The lowest BCUT2D eigenvalue weighted by atomic mass is 10.1. The lowest BCUT2D eigenvalue weighted by molar-refractivity contribution is -0.139.